The van der Waals surface area contributed by atoms with E-state index >= 15 is 0 Å². The van der Waals surface area contributed by atoms with Gasteiger partial charge in [-0.3, -0.25) is 0 Å². The minimum absolute atomic E-state index is 0.277. The summed E-state index contributed by atoms with van der Waals surface area (Å²) in [4.78, 5) is 11.0. The molecule has 4 heteroatoms. The lowest BCUT2D eigenvalue weighted by atomic mass is 9.99. The van der Waals surface area contributed by atoms with Crippen LogP contribution in [-0.2, 0) is 0 Å². The van der Waals surface area contributed by atoms with E-state index in [4.69, 9.17) is 0 Å². The van der Waals surface area contributed by atoms with Crippen LogP contribution in [-0.4, -0.2) is 34.8 Å². The maximum absolute atomic E-state index is 9.21. The van der Waals surface area contributed by atoms with E-state index in [1.807, 2.05) is 19.9 Å². The number of piperidine rings is 1. The number of aromatic nitrogens is 2. The predicted octanol–water partition coefficient (Wildman–Crippen LogP) is 1.30. The van der Waals surface area contributed by atoms with Crippen LogP contribution in [0.2, 0.25) is 0 Å². The highest BCUT2D eigenvalue weighted by atomic mass is 16.3. The Morgan fingerprint density at radius 3 is 2.94 bits per heavy atom. The van der Waals surface area contributed by atoms with Gasteiger partial charge in [0, 0.05) is 31.5 Å². The molecule has 16 heavy (non-hydrogen) atoms. The van der Waals surface area contributed by atoms with Crippen molar-refractivity contribution in [3.05, 3.63) is 17.6 Å². The van der Waals surface area contributed by atoms with Crippen LogP contribution >= 0.6 is 0 Å². The summed E-state index contributed by atoms with van der Waals surface area (Å²) in [6.07, 6.45) is 2.25. The Morgan fingerprint density at radius 1 is 1.44 bits per heavy atom. The smallest absolute Gasteiger partial charge is 0.132 e. The molecule has 0 saturated carbocycles. The number of aryl methyl sites for hydroxylation is 2. The van der Waals surface area contributed by atoms with Crippen molar-refractivity contribution in [3.63, 3.8) is 0 Å². The Labute approximate surface area is 96.3 Å². The first kappa shape index (κ1) is 11.3. The van der Waals surface area contributed by atoms with Gasteiger partial charge in [0.15, 0.2) is 0 Å². The summed E-state index contributed by atoms with van der Waals surface area (Å²) in [5, 5.41) is 9.21. The van der Waals surface area contributed by atoms with Crippen molar-refractivity contribution in [1.82, 2.24) is 9.97 Å². The maximum Gasteiger partial charge on any atom is 0.132 e. The number of rotatable bonds is 2. The molecule has 1 N–H and O–H groups in total. The van der Waals surface area contributed by atoms with Gasteiger partial charge in [0.1, 0.15) is 11.6 Å². The van der Waals surface area contributed by atoms with E-state index in [1.165, 1.54) is 0 Å². The summed E-state index contributed by atoms with van der Waals surface area (Å²) < 4.78 is 0. The second-order valence-corrected chi connectivity index (χ2v) is 4.55. The summed E-state index contributed by atoms with van der Waals surface area (Å²) in [5.74, 6) is 2.22. The van der Waals surface area contributed by atoms with Gasteiger partial charge in [-0.25, -0.2) is 9.97 Å². The molecule has 0 spiro atoms. The summed E-state index contributed by atoms with van der Waals surface area (Å²) in [6, 6.07) is 2.02. The highest BCUT2D eigenvalue weighted by Crippen LogP contribution is 2.21. The lowest BCUT2D eigenvalue weighted by molar-refractivity contribution is 0.208. The van der Waals surface area contributed by atoms with E-state index in [0.29, 0.717) is 5.92 Å². The minimum atomic E-state index is 0.277. The lowest BCUT2D eigenvalue weighted by Crippen LogP contribution is -2.37. The number of anilines is 1. The van der Waals surface area contributed by atoms with E-state index in [-0.39, 0.29) is 6.61 Å². The maximum atomic E-state index is 9.21. The van der Waals surface area contributed by atoms with Crippen LogP contribution in [0.1, 0.15) is 24.4 Å². The first-order valence-electron chi connectivity index (χ1n) is 5.87. The molecule has 1 atom stereocenters. The molecule has 88 valence electrons. The molecule has 0 aliphatic carbocycles. The standard InChI is InChI=1S/C12H19N3O/c1-9-6-12(14-10(2)13-9)15-5-3-4-11(7-15)8-16/h6,11,16H,3-5,7-8H2,1-2H3/t11-/m1/s1. The average molecular weight is 221 g/mol. The van der Waals surface area contributed by atoms with Crippen LogP contribution in [0.15, 0.2) is 6.07 Å². The summed E-state index contributed by atoms with van der Waals surface area (Å²) in [5.41, 5.74) is 1.01. The summed E-state index contributed by atoms with van der Waals surface area (Å²) in [6.45, 7) is 6.13. The molecular weight excluding hydrogens is 202 g/mol. The lowest BCUT2D eigenvalue weighted by Gasteiger charge is -2.32. The average Bonchev–Trinajstić information content (AvgIpc) is 2.28. The predicted molar refractivity (Wildman–Crippen MR) is 63.5 cm³/mol. The molecular formula is C12H19N3O. The molecule has 0 amide bonds. The third-order valence-electron chi connectivity index (χ3n) is 3.05. The van der Waals surface area contributed by atoms with Crippen molar-refractivity contribution in [3.8, 4) is 0 Å². The number of nitrogens with zero attached hydrogens (tertiary/aromatic N) is 3. The van der Waals surface area contributed by atoms with Crippen LogP contribution in [0.4, 0.5) is 5.82 Å². The van der Waals surface area contributed by atoms with E-state index in [1.54, 1.807) is 0 Å². The van der Waals surface area contributed by atoms with E-state index in [9.17, 15) is 5.11 Å². The monoisotopic (exact) mass is 221 g/mol. The molecule has 1 fully saturated rings. The quantitative estimate of drug-likeness (QED) is 0.818. The molecule has 1 aromatic heterocycles. The van der Waals surface area contributed by atoms with Gasteiger partial charge in [-0.2, -0.15) is 0 Å². The van der Waals surface area contributed by atoms with Gasteiger partial charge in [0.2, 0.25) is 0 Å². The molecule has 0 radical (unpaired) electrons. The van der Waals surface area contributed by atoms with Crippen LogP contribution in [0.25, 0.3) is 0 Å². The number of hydrogen-bond acceptors (Lipinski definition) is 4. The summed E-state index contributed by atoms with van der Waals surface area (Å²) >= 11 is 0. The van der Waals surface area contributed by atoms with Gasteiger partial charge in [-0.15, -0.1) is 0 Å². The van der Waals surface area contributed by atoms with Crippen molar-refractivity contribution in [2.24, 2.45) is 5.92 Å². The topological polar surface area (TPSA) is 49.2 Å². The third kappa shape index (κ3) is 2.50. The van der Waals surface area contributed by atoms with Crippen molar-refractivity contribution in [1.29, 1.82) is 0 Å². The van der Waals surface area contributed by atoms with Gasteiger partial charge >= 0.3 is 0 Å². The Hall–Kier alpha value is -1.16. The van der Waals surface area contributed by atoms with Crippen LogP contribution < -0.4 is 4.90 Å². The zero-order chi connectivity index (χ0) is 11.5. The Morgan fingerprint density at radius 2 is 2.25 bits per heavy atom. The van der Waals surface area contributed by atoms with E-state index < -0.39 is 0 Å². The van der Waals surface area contributed by atoms with Crippen molar-refractivity contribution < 1.29 is 5.11 Å². The Balaban J connectivity index is 2.16. The van der Waals surface area contributed by atoms with E-state index in [0.717, 1.165) is 43.3 Å². The fraction of sp³-hybridized carbons (Fsp3) is 0.667. The summed E-state index contributed by atoms with van der Waals surface area (Å²) in [7, 11) is 0. The van der Waals surface area contributed by atoms with Gasteiger partial charge in [-0.1, -0.05) is 0 Å². The number of hydrogen-bond donors (Lipinski definition) is 1. The minimum Gasteiger partial charge on any atom is -0.396 e. The first-order chi connectivity index (χ1) is 7.69. The van der Waals surface area contributed by atoms with Crippen LogP contribution in [0.3, 0.4) is 0 Å². The molecule has 1 aliphatic heterocycles. The normalized spacial score (nSPS) is 21.2. The molecule has 0 aromatic carbocycles. The highest BCUT2D eigenvalue weighted by Gasteiger charge is 2.20. The molecule has 4 nitrogen and oxygen atoms in total. The van der Waals surface area contributed by atoms with Crippen molar-refractivity contribution in [2.45, 2.75) is 26.7 Å². The molecule has 2 heterocycles. The number of aliphatic hydroxyl groups is 1. The SMILES string of the molecule is Cc1cc(N2CCC[C@@H](CO)C2)nc(C)n1. The molecule has 1 aromatic rings. The number of aliphatic hydroxyl groups excluding tert-OH is 1. The second-order valence-electron chi connectivity index (χ2n) is 4.55. The van der Waals surface area contributed by atoms with Gasteiger partial charge < -0.3 is 10.0 Å². The zero-order valence-corrected chi connectivity index (χ0v) is 9.98. The molecule has 0 unspecified atom stereocenters. The second kappa shape index (κ2) is 4.78. The molecule has 1 saturated heterocycles. The largest absolute Gasteiger partial charge is 0.396 e. The van der Waals surface area contributed by atoms with Crippen molar-refractivity contribution in [2.75, 3.05) is 24.6 Å². The van der Waals surface area contributed by atoms with Crippen LogP contribution in [0.5, 0.6) is 0 Å². The van der Waals surface area contributed by atoms with Gasteiger partial charge in [0.25, 0.3) is 0 Å². The van der Waals surface area contributed by atoms with Gasteiger partial charge in [0.05, 0.1) is 0 Å². The molecule has 0 bridgehead atoms. The van der Waals surface area contributed by atoms with Crippen molar-refractivity contribution >= 4 is 5.82 Å². The van der Waals surface area contributed by atoms with E-state index in [2.05, 4.69) is 14.9 Å². The third-order valence-corrected chi connectivity index (χ3v) is 3.05. The van der Waals surface area contributed by atoms with Crippen LogP contribution in [0, 0.1) is 19.8 Å². The Bertz CT molecular complexity index is 347. The first-order valence-corrected chi connectivity index (χ1v) is 5.87. The zero-order valence-electron chi connectivity index (χ0n) is 9.98. The highest BCUT2D eigenvalue weighted by molar-refractivity contribution is 5.40. The Kier molecular flexibility index (Phi) is 3.39. The van der Waals surface area contributed by atoms with Gasteiger partial charge in [-0.05, 0) is 32.6 Å². The fourth-order valence-electron chi connectivity index (χ4n) is 2.28. The fourth-order valence-corrected chi connectivity index (χ4v) is 2.28. The molecule has 2 rings (SSSR count). The molecule has 1 aliphatic rings.